The summed E-state index contributed by atoms with van der Waals surface area (Å²) in [6.07, 6.45) is 5.88. The summed E-state index contributed by atoms with van der Waals surface area (Å²) in [5.74, 6) is 1.84. The highest BCUT2D eigenvalue weighted by molar-refractivity contribution is 4.92. The first kappa shape index (κ1) is 7.80. The van der Waals surface area contributed by atoms with E-state index in [1.807, 2.05) is 6.07 Å². The zero-order valence-electron chi connectivity index (χ0n) is 7.12. The van der Waals surface area contributed by atoms with Gasteiger partial charge in [0.25, 0.3) is 0 Å². The van der Waals surface area contributed by atoms with Crippen LogP contribution < -0.4 is 5.32 Å². The van der Waals surface area contributed by atoms with Crippen molar-refractivity contribution in [3.63, 3.8) is 0 Å². The fraction of sp³-hybridized carbons (Fsp3) is 0.667. The zero-order chi connectivity index (χ0) is 8.23. The van der Waals surface area contributed by atoms with Crippen LogP contribution in [-0.2, 0) is 6.54 Å². The highest BCUT2D eigenvalue weighted by atomic mass is 16.5. The lowest BCUT2D eigenvalue weighted by Gasteiger charge is -2.25. The van der Waals surface area contributed by atoms with E-state index in [2.05, 4.69) is 10.5 Å². The second-order valence-corrected chi connectivity index (χ2v) is 3.41. The van der Waals surface area contributed by atoms with Gasteiger partial charge < -0.3 is 9.84 Å². The van der Waals surface area contributed by atoms with Crippen molar-refractivity contribution in [1.82, 2.24) is 10.5 Å². The molecule has 3 heteroatoms. The Labute approximate surface area is 72.1 Å². The Kier molecular flexibility index (Phi) is 2.42. The monoisotopic (exact) mass is 166 g/mol. The van der Waals surface area contributed by atoms with Crippen molar-refractivity contribution >= 4 is 0 Å². The van der Waals surface area contributed by atoms with Gasteiger partial charge in [-0.2, -0.15) is 0 Å². The molecule has 2 rings (SSSR count). The van der Waals surface area contributed by atoms with Gasteiger partial charge in [0.2, 0.25) is 0 Å². The Morgan fingerprint density at radius 1 is 1.58 bits per heavy atom. The molecule has 0 amide bonds. The van der Waals surface area contributed by atoms with Gasteiger partial charge in [-0.1, -0.05) is 11.6 Å². The van der Waals surface area contributed by atoms with Crippen LogP contribution in [0.2, 0.25) is 0 Å². The molecule has 12 heavy (non-hydrogen) atoms. The summed E-state index contributed by atoms with van der Waals surface area (Å²) in [6.45, 7) is 1.94. The topological polar surface area (TPSA) is 38.1 Å². The van der Waals surface area contributed by atoms with Crippen molar-refractivity contribution in [2.24, 2.45) is 5.92 Å². The molecule has 1 aromatic rings. The van der Waals surface area contributed by atoms with E-state index < -0.39 is 0 Å². The molecule has 66 valence electrons. The summed E-state index contributed by atoms with van der Waals surface area (Å²) in [6, 6.07) is 1.90. The molecule has 1 saturated carbocycles. The molecule has 0 radical (unpaired) electrons. The van der Waals surface area contributed by atoms with Gasteiger partial charge in [-0.15, -0.1) is 0 Å². The molecule has 1 N–H and O–H groups in total. The molecular formula is C9H14N2O. The summed E-state index contributed by atoms with van der Waals surface area (Å²) in [4.78, 5) is 0. The number of hydrogen-bond acceptors (Lipinski definition) is 3. The Hall–Kier alpha value is -0.830. The van der Waals surface area contributed by atoms with E-state index in [4.69, 9.17) is 4.52 Å². The van der Waals surface area contributed by atoms with Gasteiger partial charge in [0, 0.05) is 6.07 Å². The maximum atomic E-state index is 4.95. The molecule has 0 saturated heterocycles. The number of aromatic nitrogens is 1. The molecule has 0 spiro atoms. The second-order valence-electron chi connectivity index (χ2n) is 3.41. The summed E-state index contributed by atoms with van der Waals surface area (Å²) < 4.78 is 4.95. The van der Waals surface area contributed by atoms with Crippen LogP contribution in [0.1, 0.15) is 25.0 Å². The number of rotatable bonds is 4. The molecule has 1 fully saturated rings. The molecule has 1 heterocycles. The maximum absolute atomic E-state index is 4.95. The average molecular weight is 166 g/mol. The first-order chi connectivity index (χ1) is 5.95. The summed E-state index contributed by atoms with van der Waals surface area (Å²) in [5, 5.41) is 7.00. The fourth-order valence-electron chi connectivity index (χ4n) is 1.43. The molecule has 3 nitrogen and oxygen atoms in total. The average Bonchev–Trinajstić information content (AvgIpc) is 2.46. The first-order valence-electron chi connectivity index (χ1n) is 4.55. The van der Waals surface area contributed by atoms with Crippen molar-refractivity contribution in [2.75, 3.05) is 6.54 Å². The molecule has 0 aliphatic heterocycles. The third-order valence-electron chi connectivity index (χ3n) is 2.45. The number of nitrogens with one attached hydrogen (secondary N) is 1. The van der Waals surface area contributed by atoms with Gasteiger partial charge in [0.15, 0.2) is 0 Å². The zero-order valence-corrected chi connectivity index (χ0v) is 7.12. The quantitative estimate of drug-likeness (QED) is 0.737. The molecule has 0 bridgehead atoms. The lowest BCUT2D eigenvalue weighted by Crippen LogP contribution is -2.26. The van der Waals surface area contributed by atoms with Gasteiger partial charge in [0.05, 0.1) is 12.7 Å². The molecular weight excluding hydrogens is 152 g/mol. The van der Waals surface area contributed by atoms with Gasteiger partial charge in [0.1, 0.15) is 5.76 Å². The molecule has 0 unspecified atom stereocenters. The van der Waals surface area contributed by atoms with E-state index in [-0.39, 0.29) is 0 Å². The van der Waals surface area contributed by atoms with E-state index in [1.165, 1.54) is 19.3 Å². The third-order valence-corrected chi connectivity index (χ3v) is 2.45. The van der Waals surface area contributed by atoms with Crippen LogP contribution in [0.15, 0.2) is 16.8 Å². The first-order valence-corrected chi connectivity index (χ1v) is 4.55. The van der Waals surface area contributed by atoms with Crippen molar-refractivity contribution in [3.8, 4) is 0 Å². The second kappa shape index (κ2) is 3.72. The largest absolute Gasteiger partial charge is 0.360 e. The van der Waals surface area contributed by atoms with Gasteiger partial charge in [-0.05, 0) is 25.3 Å². The number of nitrogens with zero attached hydrogens (tertiary/aromatic N) is 1. The van der Waals surface area contributed by atoms with Crippen LogP contribution in [0.25, 0.3) is 0 Å². The molecule has 0 atom stereocenters. The van der Waals surface area contributed by atoms with E-state index in [0.717, 1.165) is 24.8 Å². The van der Waals surface area contributed by atoms with Crippen LogP contribution >= 0.6 is 0 Å². The molecule has 1 aliphatic carbocycles. The Balaban J connectivity index is 1.62. The van der Waals surface area contributed by atoms with Crippen molar-refractivity contribution in [2.45, 2.75) is 25.8 Å². The fourth-order valence-corrected chi connectivity index (χ4v) is 1.43. The van der Waals surface area contributed by atoms with E-state index >= 15 is 0 Å². The van der Waals surface area contributed by atoms with Crippen LogP contribution in [-0.4, -0.2) is 11.7 Å². The third kappa shape index (κ3) is 1.85. The lowest BCUT2D eigenvalue weighted by molar-refractivity contribution is 0.292. The predicted octanol–water partition coefficient (Wildman–Crippen LogP) is 1.56. The van der Waals surface area contributed by atoms with Crippen molar-refractivity contribution in [1.29, 1.82) is 0 Å². The van der Waals surface area contributed by atoms with Crippen LogP contribution in [0, 0.1) is 5.92 Å². The highest BCUT2D eigenvalue weighted by Gasteiger charge is 2.16. The van der Waals surface area contributed by atoms with E-state index in [1.54, 1.807) is 6.20 Å². The van der Waals surface area contributed by atoms with Crippen LogP contribution in [0.4, 0.5) is 0 Å². The summed E-state index contributed by atoms with van der Waals surface area (Å²) in [7, 11) is 0. The Morgan fingerprint density at radius 3 is 3.08 bits per heavy atom. The number of hydrogen-bond donors (Lipinski definition) is 1. The molecule has 0 aromatic carbocycles. The van der Waals surface area contributed by atoms with Crippen molar-refractivity contribution < 1.29 is 4.52 Å². The maximum Gasteiger partial charge on any atom is 0.150 e. The van der Waals surface area contributed by atoms with E-state index in [0.29, 0.717) is 0 Å². The SMILES string of the molecule is c1cc(CNCC2CCC2)on1. The summed E-state index contributed by atoms with van der Waals surface area (Å²) in [5.41, 5.74) is 0. The smallest absolute Gasteiger partial charge is 0.150 e. The normalized spacial score (nSPS) is 17.7. The molecule has 1 aliphatic rings. The van der Waals surface area contributed by atoms with Gasteiger partial charge >= 0.3 is 0 Å². The Morgan fingerprint density at radius 2 is 2.50 bits per heavy atom. The minimum atomic E-state index is 0.816. The minimum Gasteiger partial charge on any atom is -0.360 e. The lowest BCUT2D eigenvalue weighted by atomic mass is 9.85. The van der Waals surface area contributed by atoms with Gasteiger partial charge in [-0.25, -0.2) is 0 Å². The van der Waals surface area contributed by atoms with Crippen LogP contribution in [0.3, 0.4) is 0 Å². The predicted molar refractivity (Wildman–Crippen MR) is 45.6 cm³/mol. The molecule has 1 aromatic heterocycles. The van der Waals surface area contributed by atoms with Crippen molar-refractivity contribution in [3.05, 3.63) is 18.0 Å². The van der Waals surface area contributed by atoms with Gasteiger partial charge in [-0.3, -0.25) is 0 Å². The Bertz CT molecular complexity index is 216. The highest BCUT2D eigenvalue weighted by Crippen LogP contribution is 2.25. The van der Waals surface area contributed by atoms with Crippen LogP contribution in [0.5, 0.6) is 0 Å². The van der Waals surface area contributed by atoms with E-state index in [9.17, 15) is 0 Å². The summed E-state index contributed by atoms with van der Waals surface area (Å²) >= 11 is 0. The standard InChI is InChI=1S/C9H14N2O/c1-2-8(3-1)6-10-7-9-4-5-11-12-9/h4-5,8,10H,1-3,6-7H2. The minimum absolute atomic E-state index is 0.816.